The van der Waals surface area contributed by atoms with Crippen LogP contribution in [0.2, 0.25) is 0 Å². The fraction of sp³-hybridized carbons (Fsp3) is 0.304. The number of nitrogens with one attached hydrogen (secondary N) is 3. The van der Waals surface area contributed by atoms with Gasteiger partial charge in [-0.25, -0.2) is 9.67 Å². The second-order valence-corrected chi connectivity index (χ2v) is 7.86. The van der Waals surface area contributed by atoms with E-state index >= 15 is 0 Å². The van der Waals surface area contributed by atoms with E-state index in [0.29, 0.717) is 18.3 Å². The normalized spacial score (nSPS) is 14.9. The number of carbonyl (C=O) groups excluding carboxylic acids is 1. The molecule has 0 aliphatic carbocycles. The molecule has 3 aromatic rings. The van der Waals surface area contributed by atoms with Gasteiger partial charge in [0.2, 0.25) is 6.41 Å². The molecule has 8 heteroatoms. The van der Waals surface area contributed by atoms with Crippen LogP contribution in [0.4, 0.5) is 11.6 Å². The topological polar surface area (TPSA) is 98.9 Å². The van der Waals surface area contributed by atoms with Crippen LogP contribution in [-0.4, -0.2) is 58.5 Å². The van der Waals surface area contributed by atoms with Gasteiger partial charge in [0.15, 0.2) is 0 Å². The van der Waals surface area contributed by atoms with Crippen molar-refractivity contribution in [2.24, 2.45) is 0 Å². The van der Waals surface area contributed by atoms with E-state index in [1.807, 2.05) is 43.3 Å². The zero-order chi connectivity index (χ0) is 21.8. The van der Waals surface area contributed by atoms with Crippen molar-refractivity contribution in [3.8, 4) is 16.9 Å². The van der Waals surface area contributed by atoms with Crippen molar-refractivity contribution in [2.75, 3.05) is 30.8 Å². The molecule has 1 aliphatic rings. The number of piperidine rings is 1. The molecular formula is C23H27N7O. The van der Waals surface area contributed by atoms with Crippen molar-refractivity contribution in [1.82, 2.24) is 19.7 Å². The third kappa shape index (κ3) is 4.34. The molecule has 3 N–H and O–H groups in total. The maximum atomic E-state index is 11.2. The summed E-state index contributed by atoms with van der Waals surface area (Å²) in [5.41, 5.74) is 3.92. The Morgan fingerprint density at radius 3 is 2.61 bits per heavy atom. The first-order valence-corrected chi connectivity index (χ1v) is 10.4. The molecule has 0 bridgehead atoms. The second-order valence-electron chi connectivity index (χ2n) is 7.86. The van der Waals surface area contributed by atoms with Crippen LogP contribution in [0.3, 0.4) is 0 Å². The van der Waals surface area contributed by atoms with Crippen LogP contribution >= 0.6 is 0 Å². The van der Waals surface area contributed by atoms with Crippen LogP contribution in [-0.2, 0) is 4.79 Å². The van der Waals surface area contributed by atoms with Crippen LogP contribution in [0.25, 0.3) is 16.9 Å². The van der Waals surface area contributed by atoms with Gasteiger partial charge in [-0.1, -0.05) is 18.2 Å². The van der Waals surface area contributed by atoms with Gasteiger partial charge < -0.3 is 20.9 Å². The Hall–Kier alpha value is -3.52. The van der Waals surface area contributed by atoms with Crippen molar-refractivity contribution in [1.29, 1.82) is 5.41 Å². The van der Waals surface area contributed by atoms with Crippen LogP contribution in [0.15, 0.2) is 42.6 Å². The van der Waals surface area contributed by atoms with E-state index in [1.54, 1.807) is 10.9 Å². The highest BCUT2D eigenvalue weighted by Gasteiger charge is 2.20. The van der Waals surface area contributed by atoms with Crippen molar-refractivity contribution in [2.45, 2.75) is 25.8 Å². The van der Waals surface area contributed by atoms with E-state index in [9.17, 15) is 4.79 Å². The van der Waals surface area contributed by atoms with E-state index in [2.05, 4.69) is 27.6 Å². The van der Waals surface area contributed by atoms with Gasteiger partial charge in [0.25, 0.3) is 0 Å². The summed E-state index contributed by atoms with van der Waals surface area (Å²) in [6, 6.07) is 11.9. The molecule has 3 heterocycles. The molecule has 1 aromatic carbocycles. The van der Waals surface area contributed by atoms with Crippen molar-refractivity contribution < 1.29 is 4.79 Å². The summed E-state index contributed by atoms with van der Waals surface area (Å²) in [6.07, 6.45) is 5.86. The van der Waals surface area contributed by atoms with Gasteiger partial charge in [-0.3, -0.25) is 4.79 Å². The Morgan fingerprint density at radius 2 is 1.94 bits per heavy atom. The lowest BCUT2D eigenvalue weighted by Crippen LogP contribution is -2.37. The standard InChI is InChI=1S/C23H27N7O/c1-16-21(28-30(23(16)26-15-31)20-6-4-3-5-7-20)18-12-17(13-24)22(25-14-18)27-19-8-10-29(2)11-9-19/h3-7,12-15,19,24H,8-11H2,1-2H3,(H,25,27)(H,26,31). The SMILES string of the molecule is Cc1c(-c2cnc(NC3CCN(C)CC3)c(C=N)c2)nn(-c2ccccc2)c1NC=O. The first-order chi connectivity index (χ1) is 15.1. The molecule has 0 unspecified atom stereocenters. The summed E-state index contributed by atoms with van der Waals surface area (Å²) >= 11 is 0. The minimum Gasteiger partial charge on any atom is -0.367 e. The van der Waals surface area contributed by atoms with E-state index in [0.717, 1.165) is 59.8 Å². The molecule has 0 atom stereocenters. The predicted octanol–water partition coefficient (Wildman–Crippen LogP) is 3.31. The quantitative estimate of drug-likeness (QED) is 0.405. The number of rotatable bonds is 7. The molecule has 2 aromatic heterocycles. The Balaban J connectivity index is 1.68. The molecule has 1 fully saturated rings. The van der Waals surface area contributed by atoms with Gasteiger partial charge in [-0.2, -0.15) is 5.10 Å². The molecule has 1 amide bonds. The Morgan fingerprint density at radius 1 is 1.19 bits per heavy atom. The van der Waals surface area contributed by atoms with Crippen LogP contribution in [0, 0.1) is 12.3 Å². The third-order valence-electron chi connectivity index (χ3n) is 5.72. The Bertz CT molecular complexity index is 1070. The fourth-order valence-electron chi connectivity index (χ4n) is 3.94. The minimum absolute atomic E-state index is 0.357. The lowest BCUT2D eigenvalue weighted by molar-refractivity contribution is -0.105. The van der Waals surface area contributed by atoms with Crippen LogP contribution in [0.1, 0.15) is 24.0 Å². The average molecular weight is 418 g/mol. The zero-order valence-corrected chi connectivity index (χ0v) is 17.8. The smallest absolute Gasteiger partial charge is 0.212 e. The molecule has 4 rings (SSSR count). The van der Waals surface area contributed by atoms with Gasteiger partial charge >= 0.3 is 0 Å². The number of nitrogens with zero attached hydrogens (tertiary/aromatic N) is 4. The monoisotopic (exact) mass is 417 g/mol. The summed E-state index contributed by atoms with van der Waals surface area (Å²) in [7, 11) is 2.14. The maximum absolute atomic E-state index is 11.2. The highest BCUT2D eigenvalue weighted by Crippen LogP contribution is 2.31. The largest absolute Gasteiger partial charge is 0.367 e. The number of pyridine rings is 1. The molecule has 0 radical (unpaired) electrons. The molecule has 160 valence electrons. The maximum Gasteiger partial charge on any atom is 0.212 e. The first kappa shape index (κ1) is 20.7. The van der Waals surface area contributed by atoms with Gasteiger partial charge in [0.1, 0.15) is 11.6 Å². The lowest BCUT2D eigenvalue weighted by atomic mass is 10.0. The summed E-state index contributed by atoms with van der Waals surface area (Å²) in [5, 5.41) is 18.9. The van der Waals surface area contributed by atoms with Crippen molar-refractivity contribution >= 4 is 24.3 Å². The van der Waals surface area contributed by atoms with Gasteiger partial charge in [0.05, 0.1) is 11.4 Å². The molecule has 1 aliphatic heterocycles. The lowest BCUT2D eigenvalue weighted by Gasteiger charge is -2.30. The van der Waals surface area contributed by atoms with Gasteiger partial charge in [0, 0.05) is 35.1 Å². The molecular weight excluding hydrogens is 390 g/mol. The summed E-state index contributed by atoms with van der Waals surface area (Å²) in [6.45, 7) is 4.03. The third-order valence-corrected chi connectivity index (χ3v) is 5.72. The summed E-state index contributed by atoms with van der Waals surface area (Å²) in [5.74, 6) is 1.33. The number of amides is 1. The summed E-state index contributed by atoms with van der Waals surface area (Å²) in [4.78, 5) is 18.1. The number of benzene rings is 1. The number of hydrogen-bond acceptors (Lipinski definition) is 6. The van der Waals surface area contributed by atoms with E-state index in [4.69, 9.17) is 10.5 Å². The molecule has 0 saturated carbocycles. The highest BCUT2D eigenvalue weighted by atomic mass is 16.1. The number of likely N-dealkylation sites (tertiary alicyclic amines) is 1. The highest BCUT2D eigenvalue weighted by molar-refractivity contribution is 5.87. The first-order valence-electron chi connectivity index (χ1n) is 10.4. The van der Waals surface area contributed by atoms with E-state index in [-0.39, 0.29) is 0 Å². The molecule has 31 heavy (non-hydrogen) atoms. The van der Waals surface area contributed by atoms with Crippen LogP contribution < -0.4 is 10.6 Å². The van der Waals surface area contributed by atoms with Gasteiger partial charge in [-0.15, -0.1) is 0 Å². The molecule has 8 nitrogen and oxygen atoms in total. The number of para-hydroxylation sites is 1. The number of hydrogen-bond donors (Lipinski definition) is 3. The Kier molecular flexibility index (Phi) is 6.08. The minimum atomic E-state index is 0.357. The average Bonchev–Trinajstić information content (AvgIpc) is 3.13. The van der Waals surface area contributed by atoms with Gasteiger partial charge in [-0.05, 0) is 58.1 Å². The van der Waals surface area contributed by atoms with E-state index < -0.39 is 0 Å². The number of carbonyl (C=O) groups is 1. The van der Waals surface area contributed by atoms with Crippen LogP contribution in [0.5, 0.6) is 0 Å². The second kappa shape index (κ2) is 9.09. The summed E-state index contributed by atoms with van der Waals surface area (Å²) < 4.78 is 1.72. The Labute approximate surface area is 181 Å². The van der Waals surface area contributed by atoms with Crippen molar-refractivity contribution in [3.05, 3.63) is 53.7 Å². The number of anilines is 2. The predicted molar refractivity (Wildman–Crippen MR) is 123 cm³/mol. The molecule has 1 saturated heterocycles. The van der Waals surface area contributed by atoms with Crippen molar-refractivity contribution in [3.63, 3.8) is 0 Å². The fourth-order valence-corrected chi connectivity index (χ4v) is 3.94. The van der Waals surface area contributed by atoms with E-state index in [1.165, 1.54) is 6.21 Å². The zero-order valence-electron chi connectivity index (χ0n) is 17.8. The number of aromatic nitrogens is 3. The molecule has 0 spiro atoms.